The molecule has 0 aliphatic carbocycles. The molecule has 3 nitrogen and oxygen atoms in total. The molecular weight excluding hydrogens is 343 g/mol. The lowest BCUT2D eigenvalue weighted by atomic mass is 10.0. The second kappa shape index (κ2) is 8.09. The molecule has 128 valence electrons. The van der Waals surface area contributed by atoms with Crippen LogP contribution in [0.4, 0.5) is 0 Å². The zero-order valence-corrected chi connectivity index (χ0v) is 15.1. The summed E-state index contributed by atoms with van der Waals surface area (Å²) in [4.78, 5) is 14.4. The number of aromatic nitrogens is 1. The van der Waals surface area contributed by atoms with E-state index in [0.717, 1.165) is 44.3 Å². The SMILES string of the molecule is O=C(CCCc1ccc(Cl)c(Cl)c1)N1CCC(n2cccc2)CC1. The Bertz CT molecular complexity index is 677. The number of nitrogens with zero attached hydrogens (tertiary/aromatic N) is 2. The van der Waals surface area contributed by atoms with Crippen LogP contribution in [0, 0.1) is 0 Å². The Kier molecular flexibility index (Phi) is 5.85. The van der Waals surface area contributed by atoms with E-state index < -0.39 is 0 Å². The standard InChI is InChI=1S/C19H22Cl2N2O/c20-17-7-6-15(14-18(17)21)4-3-5-19(24)23-12-8-16(9-13-23)22-10-1-2-11-22/h1-2,6-7,10-11,14,16H,3-5,8-9,12-13H2. The molecule has 0 N–H and O–H groups in total. The van der Waals surface area contributed by atoms with Gasteiger partial charge in [-0.05, 0) is 55.5 Å². The summed E-state index contributed by atoms with van der Waals surface area (Å²) in [5.74, 6) is 0.265. The lowest BCUT2D eigenvalue weighted by Gasteiger charge is -2.33. The summed E-state index contributed by atoms with van der Waals surface area (Å²) >= 11 is 11.9. The van der Waals surface area contributed by atoms with Crippen molar-refractivity contribution >= 4 is 29.1 Å². The van der Waals surface area contributed by atoms with E-state index in [-0.39, 0.29) is 5.91 Å². The van der Waals surface area contributed by atoms with Gasteiger partial charge < -0.3 is 9.47 Å². The van der Waals surface area contributed by atoms with E-state index in [1.54, 1.807) is 0 Å². The van der Waals surface area contributed by atoms with Crippen molar-refractivity contribution < 1.29 is 4.79 Å². The molecule has 1 fully saturated rings. The van der Waals surface area contributed by atoms with E-state index >= 15 is 0 Å². The Morgan fingerprint density at radius 3 is 2.46 bits per heavy atom. The lowest BCUT2D eigenvalue weighted by Crippen LogP contribution is -2.38. The van der Waals surface area contributed by atoms with Crippen molar-refractivity contribution in [1.29, 1.82) is 0 Å². The third-order valence-electron chi connectivity index (χ3n) is 4.71. The minimum atomic E-state index is 0.265. The van der Waals surface area contributed by atoms with Crippen LogP contribution in [0.2, 0.25) is 10.0 Å². The highest BCUT2D eigenvalue weighted by molar-refractivity contribution is 6.42. The van der Waals surface area contributed by atoms with Crippen molar-refractivity contribution in [2.24, 2.45) is 0 Å². The van der Waals surface area contributed by atoms with Crippen LogP contribution in [0.5, 0.6) is 0 Å². The van der Waals surface area contributed by atoms with Crippen LogP contribution in [0.15, 0.2) is 42.7 Å². The van der Waals surface area contributed by atoms with Crippen LogP contribution in [0.3, 0.4) is 0 Å². The second-order valence-electron chi connectivity index (χ2n) is 6.34. The molecule has 1 aromatic carbocycles. The van der Waals surface area contributed by atoms with Gasteiger partial charge in [0.25, 0.3) is 0 Å². The Labute approximate surface area is 153 Å². The van der Waals surface area contributed by atoms with Crippen molar-refractivity contribution in [3.05, 3.63) is 58.3 Å². The zero-order valence-electron chi connectivity index (χ0n) is 13.6. The smallest absolute Gasteiger partial charge is 0.222 e. The van der Waals surface area contributed by atoms with Gasteiger partial charge >= 0.3 is 0 Å². The highest BCUT2D eigenvalue weighted by Crippen LogP contribution is 2.25. The van der Waals surface area contributed by atoms with Gasteiger partial charge in [0.05, 0.1) is 10.0 Å². The summed E-state index contributed by atoms with van der Waals surface area (Å²) in [5.41, 5.74) is 1.13. The number of hydrogen-bond acceptors (Lipinski definition) is 1. The van der Waals surface area contributed by atoms with E-state index in [1.165, 1.54) is 0 Å². The van der Waals surface area contributed by atoms with Crippen molar-refractivity contribution in [1.82, 2.24) is 9.47 Å². The number of benzene rings is 1. The highest BCUT2D eigenvalue weighted by atomic mass is 35.5. The van der Waals surface area contributed by atoms with Crippen molar-refractivity contribution in [2.45, 2.75) is 38.1 Å². The predicted molar refractivity (Wildman–Crippen MR) is 98.7 cm³/mol. The summed E-state index contributed by atoms with van der Waals surface area (Å²) in [6.45, 7) is 1.71. The quantitative estimate of drug-likeness (QED) is 0.734. The van der Waals surface area contributed by atoms with Crippen LogP contribution in [-0.4, -0.2) is 28.5 Å². The van der Waals surface area contributed by atoms with E-state index in [2.05, 4.69) is 29.1 Å². The Balaban J connectivity index is 1.42. The van der Waals surface area contributed by atoms with Gasteiger partial charge in [0.1, 0.15) is 0 Å². The molecule has 2 aromatic rings. The average Bonchev–Trinajstić information content (AvgIpc) is 3.13. The van der Waals surface area contributed by atoms with Gasteiger partial charge in [-0.15, -0.1) is 0 Å². The first-order chi connectivity index (χ1) is 11.6. The molecule has 1 aromatic heterocycles. The maximum Gasteiger partial charge on any atom is 0.222 e. The third kappa shape index (κ3) is 4.34. The fourth-order valence-electron chi connectivity index (χ4n) is 3.30. The number of amides is 1. The fourth-order valence-corrected chi connectivity index (χ4v) is 3.62. The molecule has 1 saturated heterocycles. The van der Waals surface area contributed by atoms with Crippen LogP contribution in [0.1, 0.15) is 37.3 Å². The van der Waals surface area contributed by atoms with Gasteiger partial charge in [-0.3, -0.25) is 4.79 Å². The number of aryl methyl sites for hydroxylation is 1. The molecule has 1 amide bonds. The highest BCUT2D eigenvalue weighted by Gasteiger charge is 2.22. The maximum atomic E-state index is 12.4. The molecule has 3 rings (SSSR count). The molecule has 0 bridgehead atoms. The summed E-state index contributed by atoms with van der Waals surface area (Å²) in [7, 11) is 0. The molecule has 0 spiro atoms. The topological polar surface area (TPSA) is 25.2 Å². The second-order valence-corrected chi connectivity index (χ2v) is 7.16. The minimum Gasteiger partial charge on any atom is -0.351 e. The van der Waals surface area contributed by atoms with Crippen molar-refractivity contribution in [3.63, 3.8) is 0 Å². The van der Waals surface area contributed by atoms with E-state index in [4.69, 9.17) is 23.2 Å². The summed E-state index contributed by atoms with van der Waals surface area (Å²) in [5, 5.41) is 1.15. The van der Waals surface area contributed by atoms with Crippen molar-refractivity contribution in [3.8, 4) is 0 Å². The Morgan fingerprint density at radius 1 is 1.08 bits per heavy atom. The van der Waals surface area contributed by atoms with E-state index in [1.807, 2.05) is 23.1 Å². The summed E-state index contributed by atoms with van der Waals surface area (Å²) in [6.07, 6.45) is 8.57. The molecule has 1 aliphatic heterocycles. The minimum absolute atomic E-state index is 0.265. The molecule has 1 aliphatic rings. The number of likely N-dealkylation sites (tertiary alicyclic amines) is 1. The number of halogens is 2. The molecular formula is C19H22Cl2N2O. The number of rotatable bonds is 5. The van der Waals surface area contributed by atoms with Crippen molar-refractivity contribution in [2.75, 3.05) is 13.1 Å². The van der Waals surface area contributed by atoms with Crippen LogP contribution >= 0.6 is 23.2 Å². The van der Waals surface area contributed by atoms with Crippen LogP contribution in [-0.2, 0) is 11.2 Å². The summed E-state index contributed by atoms with van der Waals surface area (Å²) < 4.78 is 2.26. The monoisotopic (exact) mass is 364 g/mol. The van der Waals surface area contributed by atoms with Gasteiger partial charge in [-0.25, -0.2) is 0 Å². The summed E-state index contributed by atoms with van der Waals surface area (Å²) in [6, 6.07) is 10.3. The molecule has 0 saturated carbocycles. The maximum absolute atomic E-state index is 12.4. The molecule has 0 radical (unpaired) electrons. The molecule has 0 atom stereocenters. The Hall–Kier alpha value is -1.45. The molecule has 24 heavy (non-hydrogen) atoms. The van der Waals surface area contributed by atoms with Gasteiger partial charge in [-0.1, -0.05) is 29.3 Å². The molecule has 2 heterocycles. The largest absolute Gasteiger partial charge is 0.351 e. The first-order valence-corrected chi connectivity index (χ1v) is 9.23. The third-order valence-corrected chi connectivity index (χ3v) is 5.45. The molecule has 0 unspecified atom stereocenters. The van der Waals surface area contributed by atoms with E-state index in [9.17, 15) is 4.79 Å². The number of piperidine rings is 1. The molecule has 5 heteroatoms. The van der Waals surface area contributed by atoms with E-state index in [0.29, 0.717) is 22.5 Å². The lowest BCUT2D eigenvalue weighted by molar-refractivity contribution is -0.132. The van der Waals surface area contributed by atoms with Gasteiger partial charge in [0, 0.05) is 37.9 Å². The number of carbonyl (C=O) groups is 1. The Morgan fingerprint density at radius 2 is 1.79 bits per heavy atom. The number of hydrogen-bond donors (Lipinski definition) is 0. The first kappa shape index (κ1) is 17.4. The van der Waals surface area contributed by atoms with Gasteiger partial charge in [-0.2, -0.15) is 0 Å². The van der Waals surface area contributed by atoms with Crippen LogP contribution in [0.25, 0.3) is 0 Å². The van der Waals surface area contributed by atoms with Crippen LogP contribution < -0.4 is 0 Å². The average molecular weight is 365 g/mol. The van der Waals surface area contributed by atoms with Gasteiger partial charge in [0.15, 0.2) is 0 Å². The fraction of sp³-hybridized carbons (Fsp3) is 0.421. The van der Waals surface area contributed by atoms with Gasteiger partial charge in [0.2, 0.25) is 5.91 Å². The number of carbonyl (C=O) groups excluding carboxylic acids is 1. The zero-order chi connectivity index (χ0) is 16.9. The predicted octanol–water partition coefficient (Wildman–Crippen LogP) is 4.98. The normalized spacial score (nSPS) is 15.7. The first-order valence-electron chi connectivity index (χ1n) is 8.47.